The van der Waals surface area contributed by atoms with Crippen molar-refractivity contribution in [3.8, 4) is 5.75 Å². The van der Waals surface area contributed by atoms with Gasteiger partial charge < -0.3 is 15.0 Å². The van der Waals surface area contributed by atoms with Crippen molar-refractivity contribution in [1.29, 1.82) is 0 Å². The van der Waals surface area contributed by atoms with E-state index in [1.807, 2.05) is 30.3 Å². The highest BCUT2D eigenvalue weighted by Crippen LogP contribution is 2.35. The summed E-state index contributed by atoms with van der Waals surface area (Å²) < 4.78 is 47.0. The Morgan fingerprint density at radius 2 is 1.76 bits per heavy atom. The molecule has 0 bridgehead atoms. The van der Waals surface area contributed by atoms with Gasteiger partial charge in [-0.05, 0) is 55.5 Å². The number of carbonyl (C=O) groups is 2. The number of benzene rings is 2. The highest BCUT2D eigenvalue weighted by atomic mass is 19.4. The van der Waals surface area contributed by atoms with Gasteiger partial charge in [0.25, 0.3) is 0 Å². The second kappa shape index (κ2) is 11.1. The minimum Gasteiger partial charge on any atom is -0.497 e. The molecule has 0 spiro atoms. The van der Waals surface area contributed by atoms with Crippen molar-refractivity contribution in [1.82, 2.24) is 15.1 Å². The van der Waals surface area contributed by atoms with E-state index in [1.165, 1.54) is 4.90 Å². The maximum absolute atomic E-state index is 13.5. The first-order chi connectivity index (χ1) is 17.7. The summed E-state index contributed by atoms with van der Waals surface area (Å²) in [6.07, 6.45) is -2.27. The molecule has 1 aromatic heterocycles. The number of nitrogens with one attached hydrogen (secondary N) is 1. The minimum atomic E-state index is -4.59. The number of fused-ring (bicyclic) bond motifs is 1. The molecule has 1 atom stereocenters. The van der Waals surface area contributed by atoms with Crippen molar-refractivity contribution >= 4 is 17.5 Å². The lowest BCUT2D eigenvalue weighted by molar-refractivity contribution is -0.142. The highest BCUT2D eigenvalue weighted by Gasteiger charge is 2.39. The van der Waals surface area contributed by atoms with E-state index in [0.29, 0.717) is 30.0 Å². The molecule has 1 aliphatic carbocycles. The third-order valence-corrected chi connectivity index (χ3v) is 6.52. The average molecular weight is 515 g/mol. The van der Waals surface area contributed by atoms with Gasteiger partial charge in [0.1, 0.15) is 18.3 Å². The molecule has 196 valence electrons. The summed E-state index contributed by atoms with van der Waals surface area (Å²) in [6.45, 7) is -0.400. The molecule has 0 unspecified atom stereocenters. The van der Waals surface area contributed by atoms with Crippen LogP contribution in [0.3, 0.4) is 0 Å². The number of hydrogen-bond acceptors (Lipinski definition) is 4. The van der Waals surface area contributed by atoms with Gasteiger partial charge in [-0.15, -0.1) is 0 Å². The molecule has 0 saturated carbocycles. The summed E-state index contributed by atoms with van der Waals surface area (Å²) in [4.78, 5) is 28.0. The number of halogens is 3. The number of likely N-dealkylation sites (N-methyl/N-ethyl adjacent to an activating group) is 1. The number of alkyl halides is 3. The Bertz CT molecular complexity index is 1240. The Morgan fingerprint density at radius 1 is 1.08 bits per heavy atom. The van der Waals surface area contributed by atoms with Crippen LogP contribution in [0.5, 0.6) is 5.75 Å². The van der Waals surface area contributed by atoms with Gasteiger partial charge in [-0.1, -0.05) is 30.3 Å². The fraction of sp³-hybridized carbons (Fsp3) is 0.370. The van der Waals surface area contributed by atoms with Gasteiger partial charge in [-0.3, -0.25) is 14.3 Å². The largest absolute Gasteiger partial charge is 0.497 e. The van der Waals surface area contributed by atoms with E-state index in [9.17, 15) is 22.8 Å². The number of anilines is 1. The Hall–Kier alpha value is -3.82. The van der Waals surface area contributed by atoms with Crippen LogP contribution in [0.2, 0.25) is 0 Å². The number of nitrogens with zero attached hydrogens (tertiary/aromatic N) is 3. The SMILES string of the molecule is COc1ccc(N(C)C(=O)[C@H](Cc2ccccc2)NC(=O)Cn2nc(C(F)(F)F)c3c2CCCC3)cc1. The van der Waals surface area contributed by atoms with E-state index in [0.717, 1.165) is 16.7 Å². The van der Waals surface area contributed by atoms with Gasteiger partial charge in [0.2, 0.25) is 11.8 Å². The molecule has 2 amide bonds. The molecule has 4 rings (SSSR count). The molecule has 1 aliphatic rings. The fourth-order valence-corrected chi connectivity index (χ4v) is 4.62. The first kappa shape index (κ1) is 26.2. The first-order valence-electron chi connectivity index (χ1n) is 12.1. The van der Waals surface area contributed by atoms with Gasteiger partial charge >= 0.3 is 6.18 Å². The lowest BCUT2D eigenvalue weighted by Gasteiger charge is -2.25. The van der Waals surface area contributed by atoms with Crippen molar-refractivity contribution in [3.63, 3.8) is 0 Å². The van der Waals surface area contributed by atoms with Crippen molar-refractivity contribution in [2.24, 2.45) is 0 Å². The van der Waals surface area contributed by atoms with Crippen LogP contribution in [0, 0.1) is 0 Å². The molecule has 0 radical (unpaired) electrons. The number of methoxy groups -OCH3 is 1. The lowest BCUT2D eigenvalue weighted by atomic mass is 9.95. The maximum Gasteiger partial charge on any atom is 0.435 e. The molecule has 10 heteroatoms. The number of hydrogen-bond donors (Lipinski definition) is 1. The zero-order valence-corrected chi connectivity index (χ0v) is 20.7. The lowest BCUT2D eigenvalue weighted by Crippen LogP contribution is -2.49. The molecule has 37 heavy (non-hydrogen) atoms. The molecule has 1 N–H and O–H groups in total. The van der Waals surface area contributed by atoms with Gasteiger partial charge in [-0.2, -0.15) is 18.3 Å². The van der Waals surface area contributed by atoms with Crippen molar-refractivity contribution < 1.29 is 27.5 Å². The number of amides is 2. The molecule has 0 aliphatic heterocycles. The minimum absolute atomic E-state index is 0.169. The molecule has 7 nitrogen and oxygen atoms in total. The summed E-state index contributed by atoms with van der Waals surface area (Å²) in [7, 11) is 3.15. The monoisotopic (exact) mass is 514 g/mol. The average Bonchev–Trinajstić information content (AvgIpc) is 3.27. The van der Waals surface area contributed by atoms with Crippen LogP contribution in [0.25, 0.3) is 0 Å². The fourth-order valence-electron chi connectivity index (χ4n) is 4.62. The Balaban J connectivity index is 1.55. The predicted molar refractivity (Wildman–Crippen MR) is 132 cm³/mol. The molecule has 1 heterocycles. The second-order valence-electron chi connectivity index (χ2n) is 9.04. The molecule has 0 saturated heterocycles. The van der Waals surface area contributed by atoms with Gasteiger partial charge in [0.05, 0.1) is 7.11 Å². The number of ether oxygens (including phenoxy) is 1. The van der Waals surface area contributed by atoms with E-state index >= 15 is 0 Å². The zero-order chi connectivity index (χ0) is 26.6. The Kier molecular flexibility index (Phi) is 7.85. The van der Waals surface area contributed by atoms with Crippen molar-refractivity contribution in [3.05, 3.63) is 77.1 Å². The summed E-state index contributed by atoms with van der Waals surface area (Å²) >= 11 is 0. The third-order valence-electron chi connectivity index (χ3n) is 6.52. The summed E-state index contributed by atoms with van der Waals surface area (Å²) in [6, 6.07) is 15.2. The van der Waals surface area contributed by atoms with Crippen LogP contribution in [-0.4, -0.2) is 41.8 Å². The van der Waals surface area contributed by atoms with Crippen LogP contribution in [-0.2, 0) is 41.6 Å². The summed E-state index contributed by atoms with van der Waals surface area (Å²) in [5, 5.41) is 6.51. The topological polar surface area (TPSA) is 76.5 Å². The van der Waals surface area contributed by atoms with E-state index in [1.54, 1.807) is 38.4 Å². The van der Waals surface area contributed by atoms with Crippen LogP contribution < -0.4 is 15.0 Å². The molecule has 0 fully saturated rings. The van der Waals surface area contributed by atoms with E-state index in [4.69, 9.17) is 4.74 Å². The van der Waals surface area contributed by atoms with Crippen molar-refractivity contribution in [2.75, 3.05) is 19.1 Å². The Labute approximate surface area is 213 Å². The standard InChI is InChI=1S/C27H29F3N4O3/c1-33(19-12-14-20(37-2)15-13-19)26(36)22(16-18-8-4-3-5-9-18)31-24(35)17-34-23-11-7-6-10-21(23)25(32-34)27(28,29)30/h3-5,8-9,12-15,22H,6-7,10-11,16-17H2,1-2H3,(H,31,35)/t22-/m0/s1. The number of carbonyl (C=O) groups excluding carboxylic acids is 2. The third kappa shape index (κ3) is 6.12. The molecular weight excluding hydrogens is 485 g/mol. The van der Waals surface area contributed by atoms with E-state index in [-0.39, 0.29) is 24.3 Å². The second-order valence-corrected chi connectivity index (χ2v) is 9.04. The van der Waals surface area contributed by atoms with E-state index < -0.39 is 30.4 Å². The quantitative estimate of drug-likeness (QED) is 0.490. The Morgan fingerprint density at radius 3 is 2.41 bits per heavy atom. The van der Waals surface area contributed by atoms with Crippen LogP contribution in [0.1, 0.15) is 35.4 Å². The smallest absolute Gasteiger partial charge is 0.435 e. The normalized spacial score (nSPS) is 14.0. The highest BCUT2D eigenvalue weighted by molar-refractivity contribution is 5.99. The summed E-state index contributed by atoms with van der Waals surface area (Å²) in [5.41, 5.74) is 1.12. The van der Waals surface area contributed by atoms with Crippen molar-refractivity contribution in [2.45, 2.75) is 50.9 Å². The van der Waals surface area contributed by atoms with E-state index in [2.05, 4.69) is 10.4 Å². The van der Waals surface area contributed by atoms with Gasteiger partial charge in [0.15, 0.2) is 5.69 Å². The van der Waals surface area contributed by atoms with Gasteiger partial charge in [0, 0.05) is 30.4 Å². The number of aromatic nitrogens is 2. The zero-order valence-electron chi connectivity index (χ0n) is 20.7. The van der Waals surface area contributed by atoms with Crippen LogP contribution >= 0.6 is 0 Å². The molecular formula is C27H29F3N4O3. The summed E-state index contributed by atoms with van der Waals surface area (Å²) in [5.74, 6) is -0.303. The van der Waals surface area contributed by atoms with Gasteiger partial charge in [-0.25, -0.2) is 0 Å². The number of rotatable bonds is 8. The predicted octanol–water partition coefficient (Wildman–Crippen LogP) is 4.18. The maximum atomic E-state index is 13.5. The molecule has 3 aromatic rings. The first-order valence-corrected chi connectivity index (χ1v) is 12.1. The molecule has 2 aromatic carbocycles. The van der Waals surface area contributed by atoms with Crippen LogP contribution in [0.4, 0.5) is 18.9 Å². The van der Waals surface area contributed by atoms with Crippen LogP contribution in [0.15, 0.2) is 54.6 Å².